The maximum Gasteiger partial charge on any atom is 0.278 e. The highest BCUT2D eigenvalue weighted by atomic mass is 16.5. The average molecular weight is 415 g/mol. The summed E-state index contributed by atoms with van der Waals surface area (Å²) in [7, 11) is 1.41. The fourth-order valence-corrected chi connectivity index (χ4v) is 4.23. The summed E-state index contributed by atoms with van der Waals surface area (Å²) in [6, 6.07) is 15.8. The van der Waals surface area contributed by atoms with E-state index in [4.69, 9.17) is 4.74 Å². The number of aromatic nitrogens is 1. The Labute approximate surface area is 181 Å². The average Bonchev–Trinajstić information content (AvgIpc) is 2.79. The number of benzene rings is 2. The fourth-order valence-electron chi connectivity index (χ4n) is 4.23. The second kappa shape index (κ2) is 8.52. The van der Waals surface area contributed by atoms with Crippen molar-refractivity contribution in [3.05, 3.63) is 102 Å². The third kappa shape index (κ3) is 3.50. The number of pyridine rings is 1. The van der Waals surface area contributed by atoms with Crippen molar-refractivity contribution in [1.82, 2.24) is 9.58 Å². The molecule has 31 heavy (non-hydrogen) atoms. The molecule has 158 valence electrons. The van der Waals surface area contributed by atoms with E-state index in [-0.39, 0.29) is 28.8 Å². The molecule has 0 radical (unpaired) electrons. The molecule has 0 aliphatic carbocycles. The van der Waals surface area contributed by atoms with E-state index in [0.29, 0.717) is 19.6 Å². The molecule has 0 N–H and O–H groups in total. The quantitative estimate of drug-likeness (QED) is 0.550. The molecule has 6 nitrogen and oxygen atoms in total. The van der Waals surface area contributed by atoms with Crippen LogP contribution in [0.3, 0.4) is 0 Å². The minimum absolute atomic E-state index is 0.0431. The molecule has 0 saturated heterocycles. The van der Waals surface area contributed by atoms with Gasteiger partial charge in [-0.2, -0.15) is 0 Å². The van der Waals surface area contributed by atoms with Gasteiger partial charge in [-0.15, -0.1) is 13.2 Å². The van der Waals surface area contributed by atoms with Gasteiger partial charge in [-0.25, -0.2) is 0 Å². The highest BCUT2D eigenvalue weighted by Crippen LogP contribution is 2.33. The predicted octanol–water partition coefficient (Wildman–Crippen LogP) is 3.86. The number of hydrogen-bond acceptors (Lipinski definition) is 4. The molecule has 1 aromatic heterocycles. The second-order valence-corrected chi connectivity index (χ2v) is 7.41. The molecule has 6 heteroatoms. The molecule has 3 aromatic rings. The van der Waals surface area contributed by atoms with Crippen molar-refractivity contribution < 1.29 is 9.53 Å². The van der Waals surface area contributed by atoms with Gasteiger partial charge in [0, 0.05) is 18.8 Å². The van der Waals surface area contributed by atoms with E-state index in [1.807, 2.05) is 24.3 Å². The SMILES string of the molecule is C=CCC(c1cccc2ccccc12)N1CN(CC=C)C(=O)c2c(OC)c(=O)ccn21. The molecule has 1 atom stereocenters. The molecule has 0 bridgehead atoms. The first-order chi connectivity index (χ1) is 15.1. The van der Waals surface area contributed by atoms with E-state index in [9.17, 15) is 9.59 Å². The Bertz CT molecular complexity index is 1210. The molecule has 2 aromatic carbocycles. The molecule has 1 aliphatic rings. The molecule has 1 amide bonds. The number of fused-ring (bicyclic) bond motifs is 2. The monoisotopic (exact) mass is 415 g/mol. The van der Waals surface area contributed by atoms with Gasteiger partial charge in [-0.05, 0) is 22.8 Å². The number of hydrogen-bond donors (Lipinski definition) is 0. The highest BCUT2D eigenvalue weighted by Gasteiger charge is 2.35. The summed E-state index contributed by atoms with van der Waals surface area (Å²) in [5.74, 6) is -0.220. The Morgan fingerprint density at radius 2 is 1.84 bits per heavy atom. The number of nitrogens with zero attached hydrogens (tertiary/aromatic N) is 3. The van der Waals surface area contributed by atoms with Gasteiger partial charge in [0.2, 0.25) is 5.43 Å². The van der Waals surface area contributed by atoms with E-state index >= 15 is 0 Å². The number of rotatable bonds is 7. The molecule has 0 spiro atoms. The largest absolute Gasteiger partial charge is 0.491 e. The number of amides is 1. The van der Waals surface area contributed by atoms with Crippen LogP contribution in [0.4, 0.5) is 0 Å². The van der Waals surface area contributed by atoms with Gasteiger partial charge >= 0.3 is 0 Å². The zero-order chi connectivity index (χ0) is 22.0. The van der Waals surface area contributed by atoms with E-state index in [2.05, 4.69) is 42.4 Å². The van der Waals surface area contributed by atoms with Crippen LogP contribution in [0, 0.1) is 0 Å². The molecule has 0 saturated carbocycles. The van der Waals surface area contributed by atoms with Gasteiger partial charge in [-0.3, -0.25) is 19.3 Å². The Morgan fingerprint density at radius 1 is 1.06 bits per heavy atom. The van der Waals surface area contributed by atoms with Crippen LogP contribution >= 0.6 is 0 Å². The summed E-state index contributed by atoms with van der Waals surface area (Å²) >= 11 is 0. The minimum atomic E-state index is -0.326. The van der Waals surface area contributed by atoms with E-state index in [1.165, 1.54) is 13.2 Å². The van der Waals surface area contributed by atoms with Crippen LogP contribution in [0.15, 0.2) is 84.8 Å². The maximum atomic E-state index is 13.2. The molecule has 0 fully saturated rings. The molecule has 1 unspecified atom stereocenters. The van der Waals surface area contributed by atoms with Crippen molar-refractivity contribution in [2.45, 2.75) is 12.5 Å². The summed E-state index contributed by atoms with van der Waals surface area (Å²) < 4.78 is 7.10. The van der Waals surface area contributed by atoms with Crippen LogP contribution in [0.1, 0.15) is 28.5 Å². The number of carbonyl (C=O) groups is 1. The zero-order valence-electron chi connectivity index (χ0n) is 17.5. The van der Waals surface area contributed by atoms with Crippen molar-refractivity contribution in [1.29, 1.82) is 0 Å². The molecular weight excluding hydrogens is 390 g/mol. The fraction of sp³-hybridized carbons (Fsp3) is 0.200. The summed E-state index contributed by atoms with van der Waals surface area (Å²) in [6.45, 7) is 8.45. The first-order valence-electron chi connectivity index (χ1n) is 10.2. The van der Waals surface area contributed by atoms with Crippen LogP contribution in [-0.2, 0) is 0 Å². The van der Waals surface area contributed by atoms with Crippen LogP contribution in [0.5, 0.6) is 5.75 Å². The van der Waals surface area contributed by atoms with Gasteiger partial charge in [0.25, 0.3) is 5.91 Å². The Kier molecular flexibility index (Phi) is 5.62. The molecular formula is C25H25N3O3. The Morgan fingerprint density at radius 3 is 2.58 bits per heavy atom. The van der Waals surface area contributed by atoms with Crippen LogP contribution < -0.4 is 15.2 Å². The summed E-state index contributed by atoms with van der Waals surface area (Å²) in [5, 5.41) is 4.35. The van der Waals surface area contributed by atoms with Crippen molar-refractivity contribution in [2.24, 2.45) is 0 Å². The van der Waals surface area contributed by atoms with Crippen LogP contribution in [0.25, 0.3) is 10.8 Å². The molecule has 1 aliphatic heterocycles. The molecule has 2 heterocycles. The smallest absolute Gasteiger partial charge is 0.278 e. The lowest BCUT2D eigenvalue weighted by atomic mass is 9.96. The van der Waals surface area contributed by atoms with Gasteiger partial charge in [0.05, 0.1) is 13.2 Å². The van der Waals surface area contributed by atoms with Crippen LogP contribution in [0.2, 0.25) is 0 Å². The highest BCUT2D eigenvalue weighted by molar-refractivity contribution is 5.96. The van der Waals surface area contributed by atoms with Crippen molar-refractivity contribution in [3.8, 4) is 5.75 Å². The minimum Gasteiger partial charge on any atom is -0.491 e. The van der Waals surface area contributed by atoms with Crippen LogP contribution in [-0.4, -0.2) is 35.8 Å². The number of carbonyl (C=O) groups excluding carboxylic acids is 1. The maximum absolute atomic E-state index is 13.2. The second-order valence-electron chi connectivity index (χ2n) is 7.41. The number of methoxy groups -OCH3 is 1. The standard InChI is InChI=1S/C25H25N3O3/c1-4-9-21(20-13-8-11-18-10-6-7-12-19(18)20)28-17-26(15-5-2)25(30)23-24(31-3)22(29)14-16-27(23)28/h4-8,10-14,16,21H,1-2,9,15,17H2,3H3. The lowest BCUT2D eigenvalue weighted by molar-refractivity contribution is 0.0697. The van der Waals surface area contributed by atoms with Gasteiger partial charge < -0.3 is 9.64 Å². The molecule has 4 rings (SSSR count). The predicted molar refractivity (Wildman–Crippen MR) is 123 cm³/mol. The normalized spacial score (nSPS) is 14.3. The summed E-state index contributed by atoms with van der Waals surface area (Å²) in [4.78, 5) is 27.3. The third-order valence-corrected chi connectivity index (χ3v) is 5.60. The Balaban J connectivity index is 1.94. The first kappa shape index (κ1) is 20.5. The van der Waals surface area contributed by atoms with E-state index in [1.54, 1.807) is 21.8 Å². The Hall–Kier alpha value is -3.80. The van der Waals surface area contributed by atoms with E-state index < -0.39 is 0 Å². The zero-order valence-corrected chi connectivity index (χ0v) is 17.5. The summed E-state index contributed by atoms with van der Waals surface area (Å²) in [5.41, 5.74) is 1.01. The third-order valence-electron chi connectivity index (χ3n) is 5.60. The van der Waals surface area contributed by atoms with Gasteiger partial charge in [0.1, 0.15) is 6.67 Å². The van der Waals surface area contributed by atoms with Crippen molar-refractivity contribution >= 4 is 16.7 Å². The van der Waals surface area contributed by atoms with Gasteiger partial charge in [-0.1, -0.05) is 54.6 Å². The first-order valence-corrected chi connectivity index (χ1v) is 10.2. The van der Waals surface area contributed by atoms with Crippen molar-refractivity contribution in [2.75, 3.05) is 25.3 Å². The van der Waals surface area contributed by atoms with Gasteiger partial charge in [0.15, 0.2) is 11.4 Å². The summed E-state index contributed by atoms with van der Waals surface area (Å²) in [6.07, 6.45) is 5.85. The number of ether oxygens (including phenoxy) is 1. The van der Waals surface area contributed by atoms with E-state index in [0.717, 1.165) is 16.3 Å². The topological polar surface area (TPSA) is 54.8 Å². The van der Waals surface area contributed by atoms with Crippen molar-refractivity contribution in [3.63, 3.8) is 0 Å². The lowest BCUT2D eigenvalue weighted by Crippen LogP contribution is -2.55. The lowest BCUT2D eigenvalue weighted by Gasteiger charge is -2.43.